The minimum atomic E-state index is -4.92. The van der Waals surface area contributed by atoms with Crippen LogP contribution in [0.15, 0.2) is 127 Å². The fraction of sp³-hybridized carbons (Fsp3) is 0.327. The van der Waals surface area contributed by atoms with Gasteiger partial charge in [-0.2, -0.15) is 9.61 Å². The van der Waals surface area contributed by atoms with Gasteiger partial charge in [0.05, 0.1) is 28.8 Å². The van der Waals surface area contributed by atoms with Gasteiger partial charge in [-0.1, -0.05) is 78.9 Å². The highest BCUT2D eigenvalue weighted by atomic mass is 19.4. The molecule has 2 N–H and O–H groups in total. The fourth-order valence-electron chi connectivity index (χ4n) is 11.2. The number of hydrogen-bond donors (Lipinski definition) is 2. The number of alkyl halides is 3. The number of phenols is 1. The third-order valence-corrected chi connectivity index (χ3v) is 14.2. The average Bonchev–Trinajstić information content (AvgIpc) is 4.07. The lowest BCUT2D eigenvalue weighted by Gasteiger charge is -2.49. The number of nitrogens with zero attached hydrogens (tertiary/aromatic N) is 6. The highest BCUT2D eigenvalue weighted by Crippen LogP contribution is 2.48. The van der Waals surface area contributed by atoms with E-state index in [-0.39, 0.29) is 18.0 Å². The number of anilines is 2. The number of carbonyl (C=O) groups is 1. The Morgan fingerprint density at radius 3 is 2.45 bits per heavy atom. The van der Waals surface area contributed by atoms with Gasteiger partial charge < -0.3 is 29.9 Å². The van der Waals surface area contributed by atoms with Crippen molar-refractivity contribution in [1.29, 1.82) is 0 Å². The third-order valence-electron chi connectivity index (χ3n) is 14.2. The molecule has 3 aliphatic heterocycles. The first kappa shape index (κ1) is 41.1. The second-order valence-electron chi connectivity index (χ2n) is 18.5. The first-order valence-corrected chi connectivity index (χ1v) is 22.6. The van der Waals surface area contributed by atoms with E-state index in [2.05, 4.69) is 85.4 Å². The SMILES string of the molecule is O=C(NCc1cc2c3ccccc3nc(N3CC[C@@H](CN4CCC5(C4)CN(c4ccc([C@@H]6c7ccc(O)cc7CC[C@@H]6c6ccccc6)cc4)C5)C3)n2n1)c1ccccc1OC(F)(F)F. The predicted octanol–water partition coefficient (Wildman–Crippen LogP) is 9.32. The number of phenolic OH excluding ortho intramolecular Hbond substituents is 1. The summed E-state index contributed by atoms with van der Waals surface area (Å²) in [6, 6.07) is 41.2. The van der Waals surface area contributed by atoms with Crippen LogP contribution in [-0.2, 0) is 13.0 Å². The number of likely N-dealkylation sites (tertiary alicyclic amines) is 1. The molecule has 1 aliphatic carbocycles. The van der Waals surface area contributed by atoms with Crippen molar-refractivity contribution in [2.45, 2.75) is 50.4 Å². The van der Waals surface area contributed by atoms with Gasteiger partial charge in [-0.05, 0) is 115 Å². The molecule has 2 aromatic heterocycles. The number of nitrogens with one attached hydrogen (secondary N) is 1. The fourth-order valence-corrected chi connectivity index (χ4v) is 11.2. The lowest BCUT2D eigenvalue weighted by atomic mass is 9.69. The Bertz CT molecular complexity index is 2880. The van der Waals surface area contributed by atoms with Gasteiger partial charge in [-0.25, -0.2) is 4.98 Å². The molecule has 0 bridgehead atoms. The van der Waals surface area contributed by atoms with Crippen LogP contribution in [0.4, 0.5) is 24.8 Å². The van der Waals surface area contributed by atoms with Crippen LogP contribution in [0.5, 0.6) is 11.5 Å². The summed E-state index contributed by atoms with van der Waals surface area (Å²) in [6.45, 7) is 7.05. The number of para-hydroxylation sites is 2. The monoisotopic (exact) mass is 877 g/mol. The standard InChI is InChI=1S/C52H50F3N7O3/c53-52(54,55)65-47-13-7-5-11-44(47)49(64)56-28-38-27-46-43-10-4-6-12-45(43)57-50(62(46)58-38)60-24-22-34(30-60)29-59-25-23-51(31-59)32-61(33-51)39-17-14-36(15-18-39)48-41(35-8-2-1-3-9-35)20-16-37-26-40(63)19-21-42(37)48/h1-15,17-19,21,26-27,34,41,48,63H,16,20,22-25,28-33H2,(H,56,64)/t34-,41+,48-/m0/s1. The maximum absolute atomic E-state index is 13.1. The summed E-state index contributed by atoms with van der Waals surface area (Å²) in [5.74, 6) is 0.909. The minimum Gasteiger partial charge on any atom is -0.508 e. The van der Waals surface area contributed by atoms with Crippen LogP contribution in [0.2, 0.25) is 0 Å². The van der Waals surface area contributed by atoms with E-state index in [1.165, 1.54) is 52.6 Å². The molecular formula is C52H50F3N7O3. The molecule has 0 unspecified atom stereocenters. The van der Waals surface area contributed by atoms with Crippen LogP contribution in [0.3, 0.4) is 0 Å². The smallest absolute Gasteiger partial charge is 0.508 e. The lowest BCUT2D eigenvalue weighted by molar-refractivity contribution is -0.274. The van der Waals surface area contributed by atoms with E-state index < -0.39 is 18.0 Å². The maximum atomic E-state index is 13.1. The van der Waals surface area contributed by atoms with Crippen LogP contribution >= 0.6 is 0 Å². The molecule has 13 heteroatoms. The molecule has 5 heterocycles. The number of aromatic nitrogens is 3. The van der Waals surface area contributed by atoms with Crippen molar-refractivity contribution in [1.82, 2.24) is 24.8 Å². The predicted molar refractivity (Wildman–Crippen MR) is 245 cm³/mol. The molecule has 65 heavy (non-hydrogen) atoms. The Kier molecular flexibility index (Phi) is 10.4. The number of ether oxygens (including phenoxy) is 1. The van der Waals surface area contributed by atoms with Crippen molar-refractivity contribution < 1.29 is 27.8 Å². The topological polar surface area (TPSA) is 98.5 Å². The highest BCUT2D eigenvalue weighted by Gasteiger charge is 2.48. The lowest BCUT2D eigenvalue weighted by Crippen LogP contribution is -2.57. The molecule has 3 fully saturated rings. The van der Waals surface area contributed by atoms with E-state index in [1.54, 1.807) is 0 Å². The number of fused-ring (bicyclic) bond motifs is 4. The molecule has 7 aromatic rings. The molecule has 3 saturated heterocycles. The van der Waals surface area contributed by atoms with Crippen LogP contribution in [-0.4, -0.2) is 82.7 Å². The zero-order chi connectivity index (χ0) is 44.3. The van der Waals surface area contributed by atoms with Crippen molar-refractivity contribution in [3.8, 4) is 11.5 Å². The summed E-state index contributed by atoms with van der Waals surface area (Å²) in [5.41, 5.74) is 8.88. The van der Waals surface area contributed by atoms with Crippen molar-refractivity contribution >= 4 is 34.0 Å². The zero-order valence-corrected chi connectivity index (χ0v) is 35.9. The molecule has 5 aromatic carbocycles. The Labute approximate surface area is 375 Å². The van der Waals surface area contributed by atoms with Crippen LogP contribution < -0.4 is 19.9 Å². The molecular weight excluding hydrogens is 828 g/mol. The largest absolute Gasteiger partial charge is 0.573 e. The van der Waals surface area contributed by atoms with E-state index in [0.29, 0.717) is 28.7 Å². The number of benzene rings is 5. The number of aryl methyl sites for hydroxylation is 1. The third kappa shape index (κ3) is 8.11. The summed E-state index contributed by atoms with van der Waals surface area (Å²) < 4.78 is 45.0. The summed E-state index contributed by atoms with van der Waals surface area (Å²) in [4.78, 5) is 25.7. The van der Waals surface area contributed by atoms with E-state index in [1.807, 2.05) is 47.0 Å². The Morgan fingerprint density at radius 1 is 0.831 bits per heavy atom. The van der Waals surface area contributed by atoms with Crippen molar-refractivity contribution in [3.63, 3.8) is 0 Å². The second kappa shape index (κ2) is 16.4. The van der Waals surface area contributed by atoms with Crippen LogP contribution in [0, 0.1) is 11.3 Å². The zero-order valence-electron chi connectivity index (χ0n) is 35.9. The summed E-state index contributed by atoms with van der Waals surface area (Å²) in [7, 11) is 0. The number of halogens is 3. The second-order valence-corrected chi connectivity index (χ2v) is 18.5. The van der Waals surface area contributed by atoms with Crippen molar-refractivity contribution in [3.05, 3.63) is 161 Å². The molecule has 3 atom stereocenters. The molecule has 1 spiro atoms. The average molecular weight is 878 g/mol. The molecule has 4 aliphatic rings. The first-order chi connectivity index (χ1) is 31.5. The van der Waals surface area contributed by atoms with Gasteiger partial charge >= 0.3 is 6.36 Å². The van der Waals surface area contributed by atoms with E-state index in [0.717, 1.165) is 93.5 Å². The van der Waals surface area contributed by atoms with E-state index in [4.69, 9.17) is 10.1 Å². The van der Waals surface area contributed by atoms with E-state index >= 15 is 0 Å². The summed E-state index contributed by atoms with van der Waals surface area (Å²) in [5, 5.41) is 18.8. The number of rotatable bonds is 10. The Morgan fingerprint density at radius 2 is 1.62 bits per heavy atom. The molecule has 11 rings (SSSR count). The van der Waals surface area contributed by atoms with Gasteiger partial charge in [-0.15, -0.1) is 13.2 Å². The van der Waals surface area contributed by atoms with Gasteiger partial charge in [0.2, 0.25) is 5.95 Å². The highest BCUT2D eigenvalue weighted by molar-refractivity contribution is 5.97. The van der Waals surface area contributed by atoms with Gasteiger partial charge in [0.15, 0.2) is 0 Å². The van der Waals surface area contributed by atoms with Gasteiger partial charge in [0, 0.05) is 61.7 Å². The number of carbonyl (C=O) groups excluding carboxylic acids is 1. The van der Waals surface area contributed by atoms with E-state index in [9.17, 15) is 23.1 Å². The number of hydrogen-bond acceptors (Lipinski definition) is 8. The Hall–Kier alpha value is -6.60. The molecule has 10 nitrogen and oxygen atoms in total. The Balaban J connectivity index is 0.732. The number of aromatic hydroxyl groups is 1. The molecule has 332 valence electrons. The maximum Gasteiger partial charge on any atom is 0.573 e. The van der Waals surface area contributed by atoms with Crippen molar-refractivity contribution in [2.75, 3.05) is 55.6 Å². The van der Waals surface area contributed by atoms with Crippen LogP contribution in [0.1, 0.15) is 69.4 Å². The summed E-state index contributed by atoms with van der Waals surface area (Å²) in [6.07, 6.45) is -0.677. The van der Waals surface area contributed by atoms with Gasteiger partial charge in [0.25, 0.3) is 5.91 Å². The van der Waals surface area contributed by atoms with Crippen molar-refractivity contribution in [2.24, 2.45) is 11.3 Å². The molecule has 0 radical (unpaired) electrons. The minimum absolute atomic E-state index is 0.00806. The summed E-state index contributed by atoms with van der Waals surface area (Å²) >= 11 is 0. The van der Waals surface area contributed by atoms with Gasteiger partial charge in [-0.3, -0.25) is 4.79 Å². The first-order valence-electron chi connectivity index (χ1n) is 22.6. The van der Waals surface area contributed by atoms with Crippen LogP contribution in [0.25, 0.3) is 16.4 Å². The van der Waals surface area contributed by atoms with Gasteiger partial charge in [0.1, 0.15) is 11.5 Å². The molecule has 1 amide bonds. The number of amides is 1. The quantitative estimate of drug-likeness (QED) is 0.140. The molecule has 0 saturated carbocycles. The normalized spacial score (nSPS) is 20.6.